The molecule has 140 valence electrons. The van der Waals surface area contributed by atoms with Crippen LogP contribution in [0.25, 0.3) is 21.8 Å². The highest BCUT2D eigenvalue weighted by atomic mass is 16.5. The van der Waals surface area contributed by atoms with E-state index in [-0.39, 0.29) is 0 Å². The third-order valence-electron chi connectivity index (χ3n) is 6.34. The Hall–Kier alpha value is -2.85. The molecule has 28 heavy (non-hydrogen) atoms. The molecule has 0 amide bonds. The van der Waals surface area contributed by atoms with E-state index in [1.165, 1.54) is 28.3 Å². The molecule has 2 aromatic carbocycles. The number of ether oxygens (including phenoxy) is 1. The summed E-state index contributed by atoms with van der Waals surface area (Å²) >= 11 is 0. The van der Waals surface area contributed by atoms with Crippen LogP contribution < -0.4 is 4.90 Å². The first-order chi connectivity index (χ1) is 13.8. The van der Waals surface area contributed by atoms with Crippen molar-refractivity contribution in [2.45, 2.75) is 13.0 Å². The molecule has 2 aromatic heterocycles. The first-order valence-corrected chi connectivity index (χ1v) is 10.1. The van der Waals surface area contributed by atoms with Gasteiger partial charge in [0.05, 0.1) is 24.2 Å². The minimum Gasteiger partial charge on any atom is -0.380 e. The number of fused-ring (bicyclic) bond motifs is 3. The maximum absolute atomic E-state index is 5.52. The van der Waals surface area contributed by atoms with Crippen molar-refractivity contribution >= 4 is 27.6 Å². The summed E-state index contributed by atoms with van der Waals surface area (Å²) in [4.78, 5) is 7.58. The summed E-state index contributed by atoms with van der Waals surface area (Å²) in [6.07, 6.45) is 3.42. The van der Waals surface area contributed by atoms with Crippen LogP contribution in [0.5, 0.6) is 0 Å². The lowest BCUT2D eigenvalue weighted by atomic mass is 9.85. The lowest BCUT2D eigenvalue weighted by molar-refractivity contribution is -0.0985. The molecule has 0 radical (unpaired) electrons. The summed E-state index contributed by atoms with van der Waals surface area (Å²) < 4.78 is 7.89. The summed E-state index contributed by atoms with van der Waals surface area (Å²) in [5, 5.41) is 2.48. The maximum atomic E-state index is 5.52. The van der Waals surface area contributed by atoms with E-state index in [2.05, 4.69) is 76.3 Å². The van der Waals surface area contributed by atoms with Gasteiger partial charge in [-0.3, -0.25) is 0 Å². The van der Waals surface area contributed by atoms with Crippen LogP contribution in [0.2, 0.25) is 0 Å². The van der Waals surface area contributed by atoms with Crippen LogP contribution in [0.3, 0.4) is 0 Å². The summed E-state index contributed by atoms with van der Waals surface area (Å²) in [5.41, 5.74) is 4.03. The number of para-hydroxylation sites is 1. The van der Waals surface area contributed by atoms with E-state index in [0.717, 1.165) is 44.2 Å². The zero-order valence-corrected chi connectivity index (χ0v) is 15.8. The van der Waals surface area contributed by atoms with Crippen molar-refractivity contribution in [3.8, 4) is 0 Å². The fraction of sp³-hybridized carbons (Fsp3) is 0.292. The molecule has 0 bridgehead atoms. The molecule has 0 N–H and O–H groups in total. The third kappa shape index (κ3) is 2.45. The van der Waals surface area contributed by atoms with Crippen molar-refractivity contribution in [3.63, 3.8) is 0 Å². The molecule has 1 spiro atoms. The van der Waals surface area contributed by atoms with E-state index in [1.807, 2.05) is 0 Å². The minimum atomic E-state index is 0.353. The first kappa shape index (κ1) is 16.1. The molecule has 0 atom stereocenters. The predicted molar refractivity (Wildman–Crippen MR) is 113 cm³/mol. The Morgan fingerprint density at radius 3 is 2.54 bits per heavy atom. The van der Waals surface area contributed by atoms with Crippen molar-refractivity contribution in [2.75, 3.05) is 31.2 Å². The smallest absolute Gasteiger partial charge is 0.138 e. The molecule has 2 aliphatic rings. The normalized spacial score (nSPS) is 18.2. The van der Waals surface area contributed by atoms with Gasteiger partial charge in [0.1, 0.15) is 5.82 Å². The molecule has 0 aliphatic carbocycles. The summed E-state index contributed by atoms with van der Waals surface area (Å²) in [6.45, 7) is 4.78. The lowest BCUT2D eigenvalue weighted by Crippen LogP contribution is -2.44. The number of anilines is 1. The van der Waals surface area contributed by atoms with Crippen molar-refractivity contribution in [2.24, 2.45) is 5.41 Å². The molecular formula is C24H23N3O. The summed E-state index contributed by atoms with van der Waals surface area (Å²) in [6, 6.07) is 21.4. The van der Waals surface area contributed by atoms with Crippen LogP contribution >= 0.6 is 0 Å². The van der Waals surface area contributed by atoms with E-state index in [9.17, 15) is 0 Å². The molecule has 2 saturated heterocycles. The van der Waals surface area contributed by atoms with Crippen LogP contribution in [-0.4, -0.2) is 35.9 Å². The molecule has 4 nitrogen and oxygen atoms in total. The van der Waals surface area contributed by atoms with E-state index in [4.69, 9.17) is 9.72 Å². The van der Waals surface area contributed by atoms with Crippen LogP contribution in [0.15, 0.2) is 66.9 Å². The second kappa shape index (κ2) is 6.08. The Bertz CT molecular complexity index is 1160. The molecule has 4 aromatic rings. The molecule has 4 heterocycles. The molecule has 2 aliphatic heterocycles. The van der Waals surface area contributed by atoms with Gasteiger partial charge in [0.15, 0.2) is 0 Å². The Morgan fingerprint density at radius 2 is 1.75 bits per heavy atom. The Kier molecular flexibility index (Phi) is 3.50. The number of aromatic nitrogens is 2. The number of hydrogen-bond acceptors (Lipinski definition) is 3. The molecule has 0 unspecified atom stereocenters. The standard InChI is InChI=1S/C24H23N3O/c1-2-6-18(7-3-1)14-26-12-10-20-22(26)19-8-4-5-9-21(19)25-23(20)27-13-11-24(15-27)16-28-17-24/h1-10,12H,11,13-17H2. The van der Waals surface area contributed by atoms with Crippen LogP contribution in [0.4, 0.5) is 5.82 Å². The van der Waals surface area contributed by atoms with Gasteiger partial charge in [0, 0.05) is 42.0 Å². The molecule has 2 fully saturated rings. The zero-order chi connectivity index (χ0) is 18.6. The monoisotopic (exact) mass is 369 g/mol. The zero-order valence-electron chi connectivity index (χ0n) is 15.8. The SMILES string of the molecule is c1ccc(Cn2ccc3c(N4CCC5(COC5)C4)nc4ccccc4c32)cc1. The van der Waals surface area contributed by atoms with Gasteiger partial charge in [-0.05, 0) is 24.1 Å². The highest BCUT2D eigenvalue weighted by molar-refractivity contribution is 6.08. The van der Waals surface area contributed by atoms with Crippen molar-refractivity contribution in [1.82, 2.24) is 9.55 Å². The van der Waals surface area contributed by atoms with Gasteiger partial charge in [-0.1, -0.05) is 48.5 Å². The van der Waals surface area contributed by atoms with Gasteiger partial charge in [-0.25, -0.2) is 4.98 Å². The summed E-state index contributed by atoms with van der Waals surface area (Å²) in [7, 11) is 0. The largest absolute Gasteiger partial charge is 0.380 e. The van der Waals surface area contributed by atoms with E-state index < -0.39 is 0 Å². The minimum absolute atomic E-state index is 0.353. The van der Waals surface area contributed by atoms with Crippen molar-refractivity contribution in [3.05, 3.63) is 72.4 Å². The number of pyridine rings is 1. The number of rotatable bonds is 3. The molecular weight excluding hydrogens is 346 g/mol. The Balaban J connectivity index is 1.51. The predicted octanol–water partition coefficient (Wildman–Crippen LogP) is 4.46. The average molecular weight is 369 g/mol. The fourth-order valence-electron chi connectivity index (χ4n) is 4.79. The first-order valence-electron chi connectivity index (χ1n) is 10.1. The van der Waals surface area contributed by atoms with Crippen molar-refractivity contribution in [1.29, 1.82) is 0 Å². The maximum Gasteiger partial charge on any atom is 0.138 e. The fourth-order valence-corrected chi connectivity index (χ4v) is 4.79. The third-order valence-corrected chi connectivity index (χ3v) is 6.34. The van der Waals surface area contributed by atoms with Gasteiger partial charge >= 0.3 is 0 Å². The Labute approximate surface area is 164 Å². The number of benzene rings is 2. The van der Waals surface area contributed by atoms with Gasteiger partial charge in [0.2, 0.25) is 0 Å². The molecule has 4 heteroatoms. The van der Waals surface area contributed by atoms with Crippen molar-refractivity contribution < 1.29 is 4.74 Å². The highest BCUT2D eigenvalue weighted by Gasteiger charge is 2.45. The average Bonchev–Trinajstić information content (AvgIpc) is 3.34. The number of hydrogen-bond donors (Lipinski definition) is 0. The van der Waals surface area contributed by atoms with E-state index in [1.54, 1.807) is 0 Å². The van der Waals surface area contributed by atoms with Gasteiger partial charge < -0.3 is 14.2 Å². The highest BCUT2D eigenvalue weighted by Crippen LogP contribution is 2.41. The number of nitrogens with zero attached hydrogens (tertiary/aromatic N) is 3. The van der Waals surface area contributed by atoms with Gasteiger partial charge in [-0.15, -0.1) is 0 Å². The van der Waals surface area contributed by atoms with Gasteiger partial charge in [-0.2, -0.15) is 0 Å². The van der Waals surface area contributed by atoms with Gasteiger partial charge in [0.25, 0.3) is 0 Å². The van der Waals surface area contributed by atoms with E-state index >= 15 is 0 Å². The van der Waals surface area contributed by atoms with Crippen LogP contribution in [-0.2, 0) is 11.3 Å². The molecule has 0 saturated carbocycles. The second-order valence-corrected chi connectivity index (χ2v) is 8.31. The van der Waals surface area contributed by atoms with Crippen LogP contribution in [0.1, 0.15) is 12.0 Å². The van der Waals surface area contributed by atoms with E-state index in [0.29, 0.717) is 5.41 Å². The second-order valence-electron chi connectivity index (χ2n) is 8.31. The Morgan fingerprint density at radius 1 is 0.929 bits per heavy atom. The summed E-state index contributed by atoms with van der Waals surface area (Å²) in [5.74, 6) is 1.13. The molecule has 6 rings (SSSR count). The van der Waals surface area contributed by atoms with Crippen LogP contribution in [0, 0.1) is 5.41 Å². The lowest BCUT2D eigenvalue weighted by Gasteiger charge is -2.37. The quantitative estimate of drug-likeness (QED) is 0.534. The topological polar surface area (TPSA) is 30.3 Å².